The molecule has 6 atom stereocenters. The number of carbonyl (C=O) groups excluding carboxylic acids is 2. The van der Waals surface area contributed by atoms with E-state index in [0.717, 1.165) is 25.1 Å². The summed E-state index contributed by atoms with van der Waals surface area (Å²) in [6, 6.07) is 0. The van der Waals surface area contributed by atoms with Gasteiger partial charge in [0, 0.05) is 28.0 Å². The van der Waals surface area contributed by atoms with Crippen LogP contribution in [0, 0.1) is 0 Å². The summed E-state index contributed by atoms with van der Waals surface area (Å²) in [6.07, 6.45) is -0.533. The van der Waals surface area contributed by atoms with Gasteiger partial charge in [-0.2, -0.15) is 18.4 Å². The summed E-state index contributed by atoms with van der Waals surface area (Å²) in [5, 5.41) is 0. The molecule has 8 rings (SSSR count). The first kappa shape index (κ1) is 74.9. The number of imidazole rings is 3. The minimum atomic E-state index is -4.82. The van der Waals surface area contributed by atoms with Gasteiger partial charge in [-0.15, -0.1) is 0 Å². The fourth-order valence-electron chi connectivity index (χ4n) is 7.30. The maximum Gasteiger partial charge on any atom is 1.00 e. The number of aryl methyl sites for hydroxylation is 1. The Labute approximate surface area is 498 Å². The molecule has 0 bridgehead atoms. The number of aromatic amines is 3. The van der Waals surface area contributed by atoms with Crippen LogP contribution in [-0.2, 0) is 76.9 Å². The predicted molar refractivity (Wildman–Crippen MR) is 284 cm³/mol. The molecule has 463 valence electrons. The zero-order valence-corrected chi connectivity index (χ0v) is 50.9. The fraction of sp³-hybridized carbons (Fsp3) is 0.528. The standard InChI is InChI=1S/C12H19N6O6P.C11H17N6O6P.C10H12N5O8P.C2H6O4S.CH5N.B.Na.H/c1-16-3-7(5-23-25(20,21)22)24-8(4-16)18-6-17(2)9-10(18)14-12(13)15-11(9)19;1-16-2-6(4-22-24(19,20)21)23-7(3-16)17-5-13-8-9(17)14-11(12)15-10(8)18;11-10-13-8-7(9(18)14-10)12-4-15(8)6(2-17)23-5(1-16)3-22-24(19,20)21;1-5-7(3,4)6-2;1-2;;;/h6-8H,3-5H2,1-2H3,(H4-,13,14,15,19,20,21,22);5-7H,2-4H2,1H3,(H2,19,20,21)(H3,12,14,15,18);1-2,4-6H,3H2,(H2,19,20,21)(H3,11,13,14,18);1-2H3;2H2,1H3;;;/q;;;;;;+1;-1/p+1/t7-,8?;6-,7?;5-,6?;;;;;/m000...../s1. The van der Waals surface area contributed by atoms with E-state index in [2.05, 4.69) is 67.5 Å². The average Bonchev–Trinajstić information content (AvgIpc) is 2.69. The van der Waals surface area contributed by atoms with Gasteiger partial charge in [-0.1, -0.05) is 4.98 Å². The molecule has 0 aromatic carbocycles. The number of nitrogens with zero attached hydrogens (tertiary/aromatic N) is 11. The number of nitrogens with one attached hydrogen (secondary N) is 3. The molecule has 0 spiro atoms. The number of nitrogen functional groups attached to an aromatic ring is 3. The Morgan fingerprint density at radius 2 is 1.21 bits per heavy atom. The van der Waals surface area contributed by atoms with Crippen LogP contribution in [0.3, 0.4) is 0 Å². The van der Waals surface area contributed by atoms with Crippen LogP contribution in [0.15, 0.2) is 33.4 Å². The Bertz CT molecular complexity index is 3590. The second-order valence-electron chi connectivity index (χ2n) is 16.6. The molecule has 42 nitrogen and oxygen atoms in total. The third-order valence-corrected chi connectivity index (χ3v) is 12.8. The van der Waals surface area contributed by atoms with Crippen molar-refractivity contribution in [2.45, 2.75) is 37.0 Å². The SMILES string of the molecule is CN.CN1CC([n+]2cn(C)c3c(=O)[nH]c(N)nc32)O[C@H](COP(=O)(O)O)C1.CN1CC(n2cnc3c(=O)[nH]c(N)nc32)O[C@H](COP(=O)(O)O)C1.COS(=O)(=O)OC.Nc1nc2c(ncn2C(C=O)O[C@@H](C=O)COP(=O)(O)O)c(=O)[nH]1.[B].[H-].[Na+]. The second-order valence-corrected chi connectivity index (χ2v) is 21.8. The summed E-state index contributed by atoms with van der Waals surface area (Å²) < 4.78 is 95.8. The third kappa shape index (κ3) is 22.3. The van der Waals surface area contributed by atoms with Crippen LogP contribution in [0.1, 0.15) is 20.1 Å². The summed E-state index contributed by atoms with van der Waals surface area (Å²) >= 11 is 0. The topological polar surface area (TPSA) is 607 Å². The number of aldehydes is 2. The summed E-state index contributed by atoms with van der Waals surface area (Å²) in [5.41, 5.74) is 20.6. The molecule has 2 aliphatic heterocycles. The van der Waals surface area contributed by atoms with Crippen LogP contribution in [0.25, 0.3) is 33.5 Å². The molecule has 3 unspecified atom stereocenters. The third-order valence-electron chi connectivity index (χ3n) is 10.5. The van der Waals surface area contributed by atoms with E-state index < -0.39 is 88.6 Å². The molecule has 6 aromatic rings. The number of fused-ring (bicyclic) bond motifs is 3. The number of anilines is 3. The second kappa shape index (κ2) is 32.5. The van der Waals surface area contributed by atoms with Gasteiger partial charge in [0.05, 0.1) is 72.5 Å². The number of nitrogens with two attached hydrogens (primary N) is 4. The van der Waals surface area contributed by atoms with E-state index in [1.165, 1.54) is 13.4 Å². The first-order chi connectivity index (χ1) is 38.2. The normalized spacial score (nSPS) is 18.4. The summed E-state index contributed by atoms with van der Waals surface area (Å²) in [5.74, 6) is -0.279. The molecule has 2 fully saturated rings. The Balaban J connectivity index is 0.000000584. The molecule has 8 heterocycles. The Kier molecular flexibility index (Phi) is 29.0. The van der Waals surface area contributed by atoms with Crippen molar-refractivity contribution >= 4 is 106 Å². The average molecular weight is 1290 g/mol. The van der Waals surface area contributed by atoms with Crippen molar-refractivity contribution in [3.05, 3.63) is 50.0 Å². The van der Waals surface area contributed by atoms with E-state index in [-0.39, 0.29) is 111 Å². The molecular weight excluding hydrogens is 1230 g/mol. The number of rotatable bonds is 18. The molecule has 84 heavy (non-hydrogen) atoms. The first-order valence-electron chi connectivity index (χ1n) is 22.7. The summed E-state index contributed by atoms with van der Waals surface area (Å²) in [7, 11) is -8.70. The molecule has 48 heteroatoms. The van der Waals surface area contributed by atoms with Gasteiger partial charge in [-0.3, -0.25) is 79.6 Å². The molecule has 0 amide bonds. The van der Waals surface area contributed by atoms with Gasteiger partial charge >= 0.3 is 69.1 Å². The zero-order chi connectivity index (χ0) is 61.7. The Morgan fingerprint density at radius 3 is 1.71 bits per heavy atom. The summed E-state index contributed by atoms with van der Waals surface area (Å²) in [6.45, 7) is 0.509. The van der Waals surface area contributed by atoms with Gasteiger partial charge in [0.1, 0.15) is 12.3 Å². The Morgan fingerprint density at radius 1 is 0.738 bits per heavy atom. The quantitative estimate of drug-likeness (QED) is 0.0164. The minimum Gasteiger partial charge on any atom is -1.00 e. The number of hydrogen-bond donors (Lipinski definition) is 13. The van der Waals surface area contributed by atoms with Crippen LogP contribution in [-0.4, -0.2) is 222 Å². The van der Waals surface area contributed by atoms with Gasteiger partial charge < -0.3 is 72.7 Å². The first-order valence-corrected chi connectivity index (χ1v) is 28.6. The zero-order valence-electron chi connectivity index (χ0n) is 46.4. The van der Waals surface area contributed by atoms with Crippen LogP contribution >= 0.6 is 23.5 Å². The van der Waals surface area contributed by atoms with Gasteiger partial charge in [-0.25, -0.2) is 28.2 Å². The van der Waals surface area contributed by atoms with Crippen molar-refractivity contribution in [3.63, 3.8) is 0 Å². The van der Waals surface area contributed by atoms with E-state index in [0.29, 0.717) is 37.3 Å². The number of phosphoric ester groups is 3. The van der Waals surface area contributed by atoms with Gasteiger partial charge in [0.25, 0.3) is 22.6 Å². The molecule has 2 saturated heterocycles. The molecule has 3 radical (unpaired) electrons. The monoisotopic (exact) mass is 1290 g/mol. The molecule has 6 aromatic heterocycles. The van der Waals surface area contributed by atoms with Gasteiger partial charge in [-0.05, 0) is 21.1 Å². The van der Waals surface area contributed by atoms with Crippen LogP contribution in [0.4, 0.5) is 17.8 Å². The predicted octanol–water partition coefficient (Wildman–Crippen LogP) is -9.36. The number of aromatic nitrogens is 12. The largest absolute Gasteiger partial charge is 1.00 e. The van der Waals surface area contributed by atoms with E-state index in [1.807, 2.05) is 23.9 Å². The number of carbonyl (C=O) groups is 2. The van der Waals surface area contributed by atoms with Crippen LogP contribution in [0.5, 0.6) is 0 Å². The van der Waals surface area contributed by atoms with Crippen molar-refractivity contribution in [1.82, 2.24) is 63.4 Å². The minimum absolute atomic E-state index is 0. The molecular formula is C36H61BN18NaO24P3S+. The number of phosphoric acid groups is 3. The number of hydrogen-bond acceptors (Lipinski definition) is 29. The van der Waals surface area contributed by atoms with Crippen molar-refractivity contribution < 1.29 is 133 Å². The fourth-order valence-corrected chi connectivity index (χ4v) is 8.50. The van der Waals surface area contributed by atoms with Crippen molar-refractivity contribution in [2.75, 3.05) is 98.6 Å². The van der Waals surface area contributed by atoms with Crippen LogP contribution < -0.4 is 73.7 Å². The van der Waals surface area contributed by atoms with Crippen molar-refractivity contribution in [2.24, 2.45) is 12.8 Å². The van der Waals surface area contributed by atoms with E-state index >= 15 is 0 Å². The van der Waals surface area contributed by atoms with E-state index in [4.69, 9.17) is 60.8 Å². The molecule has 17 N–H and O–H groups in total. The smallest absolute Gasteiger partial charge is 1.00 e. The number of morpholine rings is 2. The molecule has 0 aliphatic carbocycles. The van der Waals surface area contributed by atoms with Gasteiger partial charge in [0.15, 0.2) is 53.7 Å². The number of H-pyrrole nitrogens is 3. The summed E-state index contributed by atoms with van der Waals surface area (Å²) in [4.78, 5) is 141. The number of likely N-dealkylation sites (N-methyl/N-ethyl adjacent to an activating group) is 2. The van der Waals surface area contributed by atoms with Crippen molar-refractivity contribution in [3.8, 4) is 0 Å². The van der Waals surface area contributed by atoms with Crippen molar-refractivity contribution in [1.29, 1.82) is 0 Å². The van der Waals surface area contributed by atoms with E-state index in [9.17, 15) is 46.1 Å². The number of ether oxygens (including phenoxy) is 3. The maximum absolute atomic E-state index is 12.1. The Hall–Kier alpha value is -5.19. The van der Waals surface area contributed by atoms with E-state index in [1.54, 1.807) is 27.1 Å². The van der Waals surface area contributed by atoms with Crippen LogP contribution in [0.2, 0.25) is 0 Å². The van der Waals surface area contributed by atoms with Gasteiger partial charge in [0.2, 0.25) is 17.4 Å². The molecule has 2 aliphatic rings. The molecule has 0 saturated carbocycles. The maximum atomic E-state index is 12.1.